The van der Waals surface area contributed by atoms with E-state index in [1.54, 1.807) is 18.2 Å². The van der Waals surface area contributed by atoms with E-state index in [1.807, 2.05) is 13.0 Å². The molecule has 26 heavy (non-hydrogen) atoms. The van der Waals surface area contributed by atoms with Crippen LogP contribution in [0.2, 0.25) is 0 Å². The number of anilines is 1. The molecule has 0 bridgehead atoms. The van der Waals surface area contributed by atoms with Gasteiger partial charge in [-0.15, -0.1) is 0 Å². The Morgan fingerprint density at radius 3 is 2.85 bits per heavy atom. The van der Waals surface area contributed by atoms with E-state index in [0.717, 1.165) is 24.6 Å². The van der Waals surface area contributed by atoms with Crippen molar-refractivity contribution in [1.82, 2.24) is 15.3 Å². The maximum absolute atomic E-state index is 12.6. The molecular formula is C19H22N4O3. The first-order valence-corrected chi connectivity index (χ1v) is 8.97. The summed E-state index contributed by atoms with van der Waals surface area (Å²) in [7, 11) is 0. The Hall–Kier alpha value is -2.83. The lowest BCUT2D eigenvalue weighted by Crippen LogP contribution is -2.27. The highest BCUT2D eigenvalue weighted by atomic mass is 16.6. The van der Waals surface area contributed by atoms with Crippen molar-refractivity contribution in [3.8, 4) is 11.5 Å². The minimum atomic E-state index is -0.222. The van der Waals surface area contributed by atoms with Crippen molar-refractivity contribution in [3.05, 3.63) is 41.3 Å². The third-order valence-corrected chi connectivity index (χ3v) is 4.53. The van der Waals surface area contributed by atoms with Gasteiger partial charge in [0.2, 0.25) is 0 Å². The van der Waals surface area contributed by atoms with Crippen molar-refractivity contribution in [1.29, 1.82) is 0 Å². The molecule has 1 aromatic carbocycles. The molecule has 1 saturated heterocycles. The van der Waals surface area contributed by atoms with Crippen LogP contribution in [-0.4, -0.2) is 42.2 Å². The average molecular weight is 354 g/mol. The molecule has 1 aromatic heterocycles. The summed E-state index contributed by atoms with van der Waals surface area (Å²) in [5.74, 6) is 2.43. The van der Waals surface area contributed by atoms with E-state index >= 15 is 0 Å². The molecule has 1 fully saturated rings. The molecule has 2 aromatic rings. The zero-order valence-corrected chi connectivity index (χ0v) is 14.8. The molecule has 3 heterocycles. The normalized spacial score (nSPS) is 15.8. The Morgan fingerprint density at radius 2 is 2.00 bits per heavy atom. The summed E-state index contributed by atoms with van der Waals surface area (Å²) in [5, 5.41) is 2.89. The van der Waals surface area contributed by atoms with Crippen LogP contribution in [0.1, 0.15) is 34.7 Å². The quantitative estimate of drug-likeness (QED) is 0.906. The fraction of sp³-hybridized carbons (Fsp3) is 0.421. The fourth-order valence-electron chi connectivity index (χ4n) is 3.31. The van der Waals surface area contributed by atoms with Gasteiger partial charge in [-0.25, -0.2) is 9.97 Å². The third kappa shape index (κ3) is 3.42. The van der Waals surface area contributed by atoms with Crippen LogP contribution in [0.4, 0.5) is 5.82 Å². The number of aryl methyl sites for hydroxylation is 1. The van der Waals surface area contributed by atoms with E-state index in [-0.39, 0.29) is 12.5 Å². The number of nitrogens with zero attached hydrogens (tertiary/aromatic N) is 3. The maximum Gasteiger partial charge on any atom is 0.255 e. The zero-order chi connectivity index (χ0) is 17.9. The van der Waals surface area contributed by atoms with E-state index in [0.29, 0.717) is 36.1 Å². The highest BCUT2D eigenvalue weighted by molar-refractivity contribution is 5.97. The van der Waals surface area contributed by atoms with Crippen molar-refractivity contribution in [3.63, 3.8) is 0 Å². The van der Waals surface area contributed by atoms with Crippen LogP contribution in [0.25, 0.3) is 0 Å². The Labute approximate surface area is 152 Å². The minimum Gasteiger partial charge on any atom is -0.486 e. The number of benzene rings is 1. The van der Waals surface area contributed by atoms with Crippen LogP contribution in [0.15, 0.2) is 24.3 Å². The summed E-state index contributed by atoms with van der Waals surface area (Å²) >= 11 is 0. The van der Waals surface area contributed by atoms with E-state index < -0.39 is 0 Å². The number of carbonyl (C=O) groups excluding carboxylic acids is 1. The number of fused-ring (bicyclic) bond motifs is 1. The van der Waals surface area contributed by atoms with E-state index in [1.165, 1.54) is 12.8 Å². The average Bonchev–Trinajstić information content (AvgIpc) is 3.20. The summed E-state index contributed by atoms with van der Waals surface area (Å²) in [6.45, 7) is 5.20. The monoisotopic (exact) mass is 354 g/mol. The van der Waals surface area contributed by atoms with Gasteiger partial charge in [-0.3, -0.25) is 4.79 Å². The van der Waals surface area contributed by atoms with Gasteiger partial charge in [0.05, 0.1) is 12.1 Å². The second-order valence-corrected chi connectivity index (χ2v) is 6.49. The smallest absolute Gasteiger partial charge is 0.255 e. The summed E-state index contributed by atoms with van der Waals surface area (Å²) in [5.41, 5.74) is 1.37. The zero-order valence-electron chi connectivity index (χ0n) is 14.8. The van der Waals surface area contributed by atoms with Crippen LogP contribution in [0.3, 0.4) is 0 Å². The van der Waals surface area contributed by atoms with E-state index in [2.05, 4.69) is 20.2 Å². The van der Waals surface area contributed by atoms with E-state index in [9.17, 15) is 4.79 Å². The molecule has 4 rings (SSSR count). The first-order valence-electron chi connectivity index (χ1n) is 8.97. The molecule has 1 N–H and O–H groups in total. The van der Waals surface area contributed by atoms with Gasteiger partial charge in [0.25, 0.3) is 5.91 Å². The largest absolute Gasteiger partial charge is 0.486 e. The van der Waals surface area contributed by atoms with Crippen molar-refractivity contribution < 1.29 is 14.3 Å². The summed E-state index contributed by atoms with van der Waals surface area (Å²) < 4.78 is 11.1. The Balaban J connectivity index is 1.48. The number of aromatic nitrogens is 2. The molecule has 0 unspecified atom stereocenters. The molecule has 7 heteroatoms. The number of hydrogen-bond acceptors (Lipinski definition) is 6. The van der Waals surface area contributed by atoms with Gasteiger partial charge in [0.1, 0.15) is 24.9 Å². The van der Waals surface area contributed by atoms with Crippen molar-refractivity contribution in [2.24, 2.45) is 0 Å². The Kier molecular flexibility index (Phi) is 4.60. The van der Waals surface area contributed by atoms with Crippen LogP contribution >= 0.6 is 0 Å². The Morgan fingerprint density at radius 1 is 1.19 bits per heavy atom. The van der Waals surface area contributed by atoms with Gasteiger partial charge in [-0.1, -0.05) is 6.07 Å². The lowest BCUT2D eigenvalue weighted by atomic mass is 10.1. The van der Waals surface area contributed by atoms with Gasteiger partial charge in [0.15, 0.2) is 11.5 Å². The number of amides is 1. The molecule has 0 saturated carbocycles. The van der Waals surface area contributed by atoms with Gasteiger partial charge in [-0.05, 0) is 31.9 Å². The van der Waals surface area contributed by atoms with Crippen LogP contribution < -0.4 is 19.7 Å². The topological polar surface area (TPSA) is 76.6 Å². The molecule has 2 aliphatic heterocycles. The molecule has 1 amide bonds. The summed E-state index contributed by atoms with van der Waals surface area (Å²) in [6.07, 6.45) is 2.38. The Bertz CT molecular complexity index is 818. The van der Waals surface area contributed by atoms with E-state index in [4.69, 9.17) is 9.47 Å². The van der Waals surface area contributed by atoms with Crippen molar-refractivity contribution in [2.45, 2.75) is 26.3 Å². The van der Waals surface area contributed by atoms with Gasteiger partial charge in [-0.2, -0.15) is 0 Å². The predicted molar refractivity (Wildman–Crippen MR) is 96.8 cm³/mol. The number of rotatable bonds is 4. The second-order valence-electron chi connectivity index (χ2n) is 6.49. The lowest BCUT2D eigenvalue weighted by Gasteiger charge is -2.20. The number of carbonyl (C=O) groups is 1. The number of para-hydroxylation sites is 1. The first kappa shape index (κ1) is 16.6. The minimum absolute atomic E-state index is 0.222. The third-order valence-electron chi connectivity index (χ3n) is 4.53. The number of hydrogen-bond donors (Lipinski definition) is 1. The van der Waals surface area contributed by atoms with Crippen molar-refractivity contribution in [2.75, 3.05) is 31.2 Å². The lowest BCUT2D eigenvalue weighted by molar-refractivity contribution is 0.0938. The molecule has 0 aliphatic carbocycles. The standard InChI is InChI=1S/C19H22N4O3/c1-13-11-17(23-7-2-3-8-23)22-16(21-13)12-20-19(24)14-5-4-6-15-18(14)26-10-9-25-15/h4-6,11H,2-3,7-10,12H2,1H3,(H,20,24). The van der Waals surface area contributed by atoms with Crippen LogP contribution in [0.5, 0.6) is 11.5 Å². The fourth-order valence-corrected chi connectivity index (χ4v) is 3.31. The second kappa shape index (κ2) is 7.19. The van der Waals surface area contributed by atoms with Gasteiger partial charge < -0.3 is 19.7 Å². The predicted octanol–water partition coefficient (Wildman–Crippen LogP) is 2.09. The number of nitrogens with one attached hydrogen (secondary N) is 1. The van der Waals surface area contributed by atoms with Gasteiger partial charge >= 0.3 is 0 Å². The first-order chi connectivity index (χ1) is 12.7. The molecule has 2 aliphatic rings. The number of ether oxygens (including phenoxy) is 2. The maximum atomic E-state index is 12.6. The van der Waals surface area contributed by atoms with Crippen molar-refractivity contribution >= 4 is 11.7 Å². The highest BCUT2D eigenvalue weighted by Crippen LogP contribution is 2.33. The molecule has 0 atom stereocenters. The van der Waals surface area contributed by atoms with Crippen LogP contribution in [0, 0.1) is 6.92 Å². The SMILES string of the molecule is Cc1cc(N2CCCC2)nc(CNC(=O)c2cccc3c2OCCO3)n1. The molecule has 0 radical (unpaired) electrons. The van der Waals surface area contributed by atoms with Crippen LogP contribution in [-0.2, 0) is 6.54 Å². The highest BCUT2D eigenvalue weighted by Gasteiger charge is 2.21. The molecular weight excluding hydrogens is 332 g/mol. The molecule has 136 valence electrons. The molecule has 0 spiro atoms. The summed E-state index contributed by atoms with van der Waals surface area (Å²) in [4.78, 5) is 23.9. The molecule has 7 nitrogen and oxygen atoms in total. The summed E-state index contributed by atoms with van der Waals surface area (Å²) in [6, 6.07) is 7.32. The van der Waals surface area contributed by atoms with Gasteiger partial charge in [0, 0.05) is 24.8 Å².